The minimum atomic E-state index is 0.143. The molecule has 1 atom stereocenters. The van der Waals surface area contributed by atoms with Crippen LogP contribution in [0.4, 0.5) is 0 Å². The van der Waals surface area contributed by atoms with Gasteiger partial charge in [0.05, 0.1) is 6.54 Å². The molecule has 3 heteroatoms. The van der Waals surface area contributed by atoms with Gasteiger partial charge in [-0.2, -0.15) is 0 Å². The molecule has 0 saturated carbocycles. The first-order chi connectivity index (χ1) is 9.25. The standard InChI is InChI=1S/C16H21NO2/c1-13-6-5-9-15(12-13)19-11-10-17-16(18)14-7-3-2-4-8-14/h2-3,5-6,9,12,14H,4,7-8,10-11H2,1H3,(H,17,18). The highest BCUT2D eigenvalue weighted by molar-refractivity contribution is 5.78. The molecule has 0 bridgehead atoms. The second-order valence-corrected chi connectivity index (χ2v) is 4.94. The SMILES string of the molecule is Cc1cccc(OCCNC(=O)C2CC=CCC2)c1. The molecule has 1 aliphatic carbocycles. The van der Waals surface area contributed by atoms with Crippen molar-refractivity contribution in [2.45, 2.75) is 26.2 Å². The second-order valence-electron chi connectivity index (χ2n) is 4.94. The molecule has 0 heterocycles. The summed E-state index contributed by atoms with van der Waals surface area (Å²) in [5.74, 6) is 1.15. The van der Waals surface area contributed by atoms with Crippen molar-refractivity contribution >= 4 is 5.91 Å². The van der Waals surface area contributed by atoms with Crippen LogP contribution in [-0.2, 0) is 4.79 Å². The Morgan fingerprint density at radius 3 is 3.05 bits per heavy atom. The van der Waals surface area contributed by atoms with Gasteiger partial charge in [0.1, 0.15) is 12.4 Å². The molecule has 0 radical (unpaired) electrons. The van der Waals surface area contributed by atoms with Crippen molar-refractivity contribution in [3.05, 3.63) is 42.0 Å². The topological polar surface area (TPSA) is 38.3 Å². The molecule has 0 spiro atoms. The lowest BCUT2D eigenvalue weighted by Crippen LogP contribution is -2.34. The predicted octanol–water partition coefficient (Wildman–Crippen LogP) is 2.85. The molecule has 1 aromatic carbocycles. The monoisotopic (exact) mass is 259 g/mol. The van der Waals surface area contributed by atoms with Crippen LogP contribution in [0.25, 0.3) is 0 Å². The maximum Gasteiger partial charge on any atom is 0.223 e. The zero-order valence-corrected chi connectivity index (χ0v) is 11.4. The number of rotatable bonds is 5. The van der Waals surface area contributed by atoms with Gasteiger partial charge < -0.3 is 10.1 Å². The lowest BCUT2D eigenvalue weighted by atomic mass is 9.94. The van der Waals surface area contributed by atoms with Gasteiger partial charge in [0.25, 0.3) is 0 Å². The smallest absolute Gasteiger partial charge is 0.223 e. The molecule has 3 nitrogen and oxygen atoms in total. The van der Waals surface area contributed by atoms with Gasteiger partial charge >= 0.3 is 0 Å². The van der Waals surface area contributed by atoms with Gasteiger partial charge in [0, 0.05) is 5.92 Å². The Morgan fingerprint density at radius 2 is 2.32 bits per heavy atom. The highest BCUT2D eigenvalue weighted by atomic mass is 16.5. The van der Waals surface area contributed by atoms with Gasteiger partial charge in [0.15, 0.2) is 0 Å². The summed E-state index contributed by atoms with van der Waals surface area (Å²) in [7, 11) is 0. The van der Waals surface area contributed by atoms with Crippen LogP contribution in [0.1, 0.15) is 24.8 Å². The first kappa shape index (κ1) is 13.7. The van der Waals surface area contributed by atoms with E-state index in [1.807, 2.05) is 31.2 Å². The van der Waals surface area contributed by atoms with Crippen molar-refractivity contribution in [3.63, 3.8) is 0 Å². The normalized spacial score (nSPS) is 18.1. The molecule has 1 unspecified atom stereocenters. The van der Waals surface area contributed by atoms with Gasteiger partial charge in [-0.1, -0.05) is 24.3 Å². The first-order valence-electron chi connectivity index (χ1n) is 6.88. The number of aryl methyl sites for hydroxylation is 1. The predicted molar refractivity (Wildman–Crippen MR) is 76.2 cm³/mol. The summed E-state index contributed by atoms with van der Waals surface area (Å²) in [6.45, 7) is 3.11. The maximum absolute atomic E-state index is 11.9. The Kier molecular flexibility index (Phi) is 5.01. The number of ether oxygens (including phenoxy) is 1. The largest absolute Gasteiger partial charge is 0.492 e. The average molecular weight is 259 g/mol. The molecule has 0 fully saturated rings. The third-order valence-corrected chi connectivity index (χ3v) is 3.30. The van der Waals surface area contributed by atoms with Gasteiger partial charge in [0.2, 0.25) is 5.91 Å². The quantitative estimate of drug-likeness (QED) is 0.652. The molecular formula is C16H21NO2. The summed E-state index contributed by atoms with van der Waals surface area (Å²) < 4.78 is 5.60. The lowest BCUT2D eigenvalue weighted by Gasteiger charge is -2.17. The lowest BCUT2D eigenvalue weighted by molar-refractivity contribution is -0.125. The molecule has 0 aliphatic heterocycles. The zero-order valence-electron chi connectivity index (χ0n) is 11.4. The van der Waals surface area contributed by atoms with Crippen molar-refractivity contribution < 1.29 is 9.53 Å². The van der Waals surface area contributed by atoms with Crippen LogP contribution in [0.3, 0.4) is 0 Å². The van der Waals surface area contributed by atoms with Crippen LogP contribution in [0.2, 0.25) is 0 Å². The van der Waals surface area contributed by atoms with Gasteiger partial charge in [-0.25, -0.2) is 0 Å². The van der Waals surface area contributed by atoms with E-state index in [-0.39, 0.29) is 11.8 Å². The zero-order chi connectivity index (χ0) is 13.5. The summed E-state index contributed by atoms with van der Waals surface area (Å²) in [5, 5.41) is 2.94. The number of nitrogens with one attached hydrogen (secondary N) is 1. The fraction of sp³-hybridized carbons (Fsp3) is 0.438. The van der Waals surface area contributed by atoms with E-state index in [1.165, 1.54) is 5.56 Å². The number of amides is 1. The molecule has 1 N–H and O–H groups in total. The number of carbonyl (C=O) groups is 1. The minimum Gasteiger partial charge on any atom is -0.492 e. The number of allylic oxidation sites excluding steroid dienone is 2. The van der Waals surface area contributed by atoms with E-state index in [0.717, 1.165) is 25.0 Å². The van der Waals surface area contributed by atoms with Crippen molar-refractivity contribution in [3.8, 4) is 5.75 Å². The number of carbonyl (C=O) groups excluding carboxylic acids is 1. The van der Waals surface area contributed by atoms with Crippen LogP contribution in [0, 0.1) is 12.8 Å². The Morgan fingerprint density at radius 1 is 1.42 bits per heavy atom. The maximum atomic E-state index is 11.9. The van der Waals surface area contributed by atoms with Crippen molar-refractivity contribution in [1.29, 1.82) is 0 Å². The Labute approximate surface area is 114 Å². The number of hydrogen-bond acceptors (Lipinski definition) is 2. The Balaban J connectivity index is 1.66. The summed E-state index contributed by atoms with van der Waals surface area (Å²) in [5.41, 5.74) is 1.18. The highest BCUT2D eigenvalue weighted by Gasteiger charge is 2.17. The number of hydrogen-bond donors (Lipinski definition) is 1. The fourth-order valence-electron chi connectivity index (χ4n) is 2.22. The van der Waals surface area contributed by atoms with Crippen molar-refractivity contribution in [2.75, 3.05) is 13.2 Å². The third-order valence-electron chi connectivity index (χ3n) is 3.30. The van der Waals surface area contributed by atoms with E-state index >= 15 is 0 Å². The third kappa shape index (κ3) is 4.43. The molecule has 0 aromatic heterocycles. The van der Waals surface area contributed by atoms with E-state index < -0.39 is 0 Å². The fourth-order valence-corrected chi connectivity index (χ4v) is 2.22. The molecule has 1 aliphatic rings. The van der Waals surface area contributed by atoms with Crippen LogP contribution >= 0.6 is 0 Å². The molecule has 1 amide bonds. The summed E-state index contributed by atoms with van der Waals surface area (Å²) >= 11 is 0. The van der Waals surface area contributed by atoms with Crippen molar-refractivity contribution in [1.82, 2.24) is 5.32 Å². The highest BCUT2D eigenvalue weighted by Crippen LogP contribution is 2.17. The Bertz CT molecular complexity index is 454. The molecule has 1 aromatic rings. The van der Waals surface area contributed by atoms with Crippen LogP contribution < -0.4 is 10.1 Å². The van der Waals surface area contributed by atoms with Gasteiger partial charge in [-0.15, -0.1) is 0 Å². The van der Waals surface area contributed by atoms with Gasteiger partial charge in [-0.3, -0.25) is 4.79 Å². The van der Waals surface area contributed by atoms with Gasteiger partial charge in [-0.05, 0) is 43.9 Å². The average Bonchev–Trinajstić information content (AvgIpc) is 2.44. The first-order valence-corrected chi connectivity index (χ1v) is 6.88. The number of benzene rings is 1. The molecule has 0 saturated heterocycles. The Hall–Kier alpha value is -1.77. The molecule has 2 rings (SSSR count). The van der Waals surface area contributed by atoms with E-state index in [4.69, 9.17) is 4.74 Å². The van der Waals surface area contributed by atoms with E-state index in [1.54, 1.807) is 0 Å². The van der Waals surface area contributed by atoms with E-state index in [0.29, 0.717) is 13.2 Å². The second kappa shape index (κ2) is 6.98. The van der Waals surface area contributed by atoms with E-state index in [2.05, 4.69) is 17.5 Å². The molecular weight excluding hydrogens is 238 g/mol. The minimum absolute atomic E-state index is 0.143. The van der Waals surface area contributed by atoms with E-state index in [9.17, 15) is 4.79 Å². The van der Waals surface area contributed by atoms with Crippen molar-refractivity contribution in [2.24, 2.45) is 5.92 Å². The molecule has 19 heavy (non-hydrogen) atoms. The summed E-state index contributed by atoms with van der Waals surface area (Å²) in [6, 6.07) is 7.93. The summed E-state index contributed by atoms with van der Waals surface area (Å²) in [4.78, 5) is 11.9. The van der Waals surface area contributed by atoms with Crippen LogP contribution in [0.5, 0.6) is 5.75 Å². The van der Waals surface area contributed by atoms with Crippen LogP contribution in [0.15, 0.2) is 36.4 Å². The summed E-state index contributed by atoms with van der Waals surface area (Å²) in [6.07, 6.45) is 7.07. The molecule has 102 valence electrons. The van der Waals surface area contributed by atoms with Crippen LogP contribution in [-0.4, -0.2) is 19.1 Å².